The summed E-state index contributed by atoms with van der Waals surface area (Å²) in [6, 6.07) is 0.626. The molecular formula is C13H21N3S. The molecular weight excluding hydrogens is 230 g/mol. The lowest BCUT2D eigenvalue weighted by molar-refractivity contribution is 0.364. The molecule has 0 bridgehead atoms. The second kappa shape index (κ2) is 4.16. The van der Waals surface area contributed by atoms with Crippen LogP contribution < -0.4 is 10.6 Å². The summed E-state index contributed by atoms with van der Waals surface area (Å²) >= 11 is 1.61. The first-order valence-electron chi connectivity index (χ1n) is 6.70. The molecule has 1 aromatic heterocycles. The Labute approximate surface area is 107 Å². The third-order valence-corrected chi connectivity index (χ3v) is 5.27. The lowest BCUT2D eigenvalue weighted by atomic mass is 9.92. The fourth-order valence-electron chi connectivity index (χ4n) is 2.89. The summed E-state index contributed by atoms with van der Waals surface area (Å²) in [4.78, 5) is 2.55. The highest BCUT2D eigenvalue weighted by Crippen LogP contribution is 2.49. The number of hydrogen-bond acceptors (Lipinski definition) is 4. The van der Waals surface area contributed by atoms with Gasteiger partial charge in [0, 0.05) is 18.2 Å². The molecule has 17 heavy (non-hydrogen) atoms. The van der Waals surface area contributed by atoms with E-state index in [1.807, 2.05) is 0 Å². The van der Waals surface area contributed by atoms with E-state index in [0.29, 0.717) is 12.0 Å². The summed E-state index contributed by atoms with van der Waals surface area (Å²) in [5.41, 5.74) is 7.40. The summed E-state index contributed by atoms with van der Waals surface area (Å²) in [7, 11) is 0. The normalized spacial score (nSPS) is 29.6. The van der Waals surface area contributed by atoms with Gasteiger partial charge in [-0.1, -0.05) is 6.92 Å². The van der Waals surface area contributed by atoms with E-state index in [9.17, 15) is 0 Å². The maximum absolute atomic E-state index is 6.04. The van der Waals surface area contributed by atoms with E-state index in [4.69, 9.17) is 5.73 Å². The SMILES string of the molecule is CC1CCCN(c2snc(N)c2C2CC2)C1C. The molecule has 2 unspecified atom stereocenters. The number of nitrogen functional groups attached to an aromatic ring is 1. The number of hydrogen-bond donors (Lipinski definition) is 1. The van der Waals surface area contributed by atoms with E-state index >= 15 is 0 Å². The molecule has 1 aromatic rings. The molecule has 0 amide bonds. The standard InChI is InChI=1S/C13H21N3S/c1-8-4-3-7-16(9(8)2)13-11(10-5-6-10)12(14)15-17-13/h8-10H,3-7H2,1-2H3,(H2,14,15). The van der Waals surface area contributed by atoms with Crippen LogP contribution in [0.2, 0.25) is 0 Å². The van der Waals surface area contributed by atoms with Crippen molar-refractivity contribution in [2.24, 2.45) is 5.92 Å². The van der Waals surface area contributed by atoms with Gasteiger partial charge < -0.3 is 10.6 Å². The Balaban J connectivity index is 1.92. The molecule has 2 N–H and O–H groups in total. The summed E-state index contributed by atoms with van der Waals surface area (Å²) in [5.74, 6) is 2.27. The molecule has 1 aliphatic carbocycles. The van der Waals surface area contributed by atoms with Crippen molar-refractivity contribution in [1.82, 2.24) is 4.37 Å². The molecule has 4 heteroatoms. The maximum Gasteiger partial charge on any atom is 0.142 e. The Kier molecular flexibility index (Phi) is 2.77. The van der Waals surface area contributed by atoms with Crippen LogP contribution in [-0.4, -0.2) is 17.0 Å². The first kappa shape index (κ1) is 11.3. The van der Waals surface area contributed by atoms with Gasteiger partial charge >= 0.3 is 0 Å². The molecule has 0 aromatic carbocycles. The predicted octanol–water partition coefficient (Wildman–Crippen LogP) is 3.23. The van der Waals surface area contributed by atoms with Crippen LogP contribution in [0.1, 0.15) is 51.0 Å². The molecule has 2 heterocycles. The topological polar surface area (TPSA) is 42.2 Å². The molecule has 1 saturated heterocycles. The van der Waals surface area contributed by atoms with Crippen molar-refractivity contribution >= 4 is 22.4 Å². The summed E-state index contributed by atoms with van der Waals surface area (Å²) in [6.45, 7) is 5.88. The van der Waals surface area contributed by atoms with Crippen LogP contribution in [0.15, 0.2) is 0 Å². The highest BCUT2D eigenvalue weighted by molar-refractivity contribution is 7.10. The van der Waals surface area contributed by atoms with Crippen LogP contribution in [0.5, 0.6) is 0 Å². The van der Waals surface area contributed by atoms with Crippen molar-refractivity contribution < 1.29 is 0 Å². The van der Waals surface area contributed by atoms with E-state index in [0.717, 1.165) is 11.7 Å². The van der Waals surface area contributed by atoms with Crippen molar-refractivity contribution in [2.45, 2.75) is 51.5 Å². The summed E-state index contributed by atoms with van der Waals surface area (Å²) in [6.07, 6.45) is 5.25. The van der Waals surface area contributed by atoms with Gasteiger partial charge in [-0.2, -0.15) is 4.37 Å². The number of anilines is 2. The first-order valence-corrected chi connectivity index (χ1v) is 7.47. The highest BCUT2D eigenvalue weighted by atomic mass is 32.1. The molecule has 0 spiro atoms. The molecule has 2 aliphatic rings. The zero-order valence-corrected chi connectivity index (χ0v) is 11.5. The zero-order chi connectivity index (χ0) is 12.0. The smallest absolute Gasteiger partial charge is 0.142 e. The fourth-order valence-corrected chi connectivity index (χ4v) is 3.90. The lowest BCUT2D eigenvalue weighted by Gasteiger charge is -2.39. The van der Waals surface area contributed by atoms with Gasteiger partial charge in [0.15, 0.2) is 0 Å². The second-order valence-electron chi connectivity index (χ2n) is 5.61. The summed E-state index contributed by atoms with van der Waals surface area (Å²) < 4.78 is 4.39. The van der Waals surface area contributed by atoms with Gasteiger partial charge in [-0.15, -0.1) is 0 Å². The van der Waals surface area contributed by atoms with Crippen molar-refractivity contribution in [1.29, 1.82) is 0 Å². The third-order valence-electron chi connectivity index (χ3n) is 4.36. The van der Waals surface area contributed by atoms with Crippen LogP contribution in [-0.2, 0) is 0 Å². The van der Waals surface area contributed by atoms with Gasteiger partial charge in [-0.05, 0) is 56.0 Å². The van der Waals surface area contributed by atoms with Crippen LogP contribution in [0.3, 0.4) is 0 Å². The van der Waals surface area contributed by atoms with E-state index in [2.05, 4.69) is 23.1 Å². The van der Waals surface area contributed by atoms with Crippen molar-refractivity contribution in [3.63, 3.8) is 0 Å². The average molecular weight is 251 g/mol. The van der Waals surface area contributed by atoms with Crippen LogP contribution in [0, 0.1) is 5.92 Å². The molecule has 94 valence electrons. The van der Waals surface area contributed by atoms with Gasteiger partial charge in [0.1, 0.15) is 10.8 Å². The Hall–Kier alpha value is -0.770. The quantitative estimate of drug-likeness (QED) is 0.877. The van der Waals surface area contributed by atoms with Gasteiger partial charge in [-0.3, -0.25) is 0 Å². The molecule has 1 aliphatic heterocycles. The highest BCUT2D eigenvalue weighted by Gasteiger charge is 2.35. The minimum atomic E-state index is 0.626. The second-order valence-corrected chi connectivity index (χ2v) is 6.37. The Bertz CT molecular complexity index is 411. The van der Waals surface area contributed by atoms with Gasteiger partial charge in [0.25, 0.3) is 0 Å². The molecule has 3 nitrogen and oxygen atoms in total. The van der Waals surface area contributed by atoms with Crippen molar-refractivity contribution in [2.75, 3.05) is 17.2 Å². The zero-order valence-electron chi connectivity index (χ0n) is 10.6. The largest absolute Gasteiger partial charge is 0.383 e. The monoisotopic (exact) mass is 251 g/mol. The number of nitrogens with zero attached hydrogens (tertiary/aromatic N) is 2. The predicted molar refractivity (Wildman–Crippen MR) is 73.7 cm³/mol. The van der Waals surface area contributed by atoms with Crippen LogP contribution >= 0.6 is 11.5 Å². The molecule has 2 atom stereocenters. The van der Waals surface area contributed by atoms with E-state index in [1.165, 1.54) is 42.8 Å². The van der Waals surface area contributed by atoms with Crippen molar-refractivity contribution in [3.8, 4) is 0 Å². The Morgan fingerprint density at radius 2 is 2.06 bits per heavy atom. The third kappa shape index (κ3) is 1.92. The lowest BCUT2D eigenvalue weighted by Crippen LogP contribution is -2.42. The fraction of sp³-hybridized carbons (Fsp3) is 0.769. The van der Waals surface area contributed by atoms with Gasteiger partial charge in [0.05, 0.1) is 0 Å². The number of nitrogens with two attached hydrogens (primary N) is 1. The molecule has 1 saturated carbocycles. The molecule has 0 radical (unpaired) electrons. The minimum absolute atomic E-state index is 0.626. The average Bonchev–Trinajstić information content (AvgIpc) is 3.07. The Morgan fingerprint density at radius 1 is 1.29 bits per heavy atom. The number of rotatable bonds is 2. The first-order chi connectivity index (χ1) is 8.18. The molecule has 3 rings (SSSR count). The molecule has 2 fully saturated rings. The number of aromatic nitrogens is 1. The van der Waals surface area contributed by atoms with E-state index < -0.39 is 0 Å². The Morgan fingerprint density at radius 3 is 2.76 bits per heavy atom. The van der Waals surface area contributed by atoms with Gasteiger partial charge in [-0.25, -0.2) is 0 Å². The van der Waals surface area contributed by atoms with Crippen LogP contribution in [0.4, 0.5) is 10.8 Å². The number of piperidine rings is 1. The van der Waals surface area contributed by atoms with Gasteiger partial charge in [0.2, 0.25) is 0 Å². The van der Waals surface area contributed by atoms with E-state index in [1.54, 1.807) is 11.5 Å². The van der Waals surface area contributed by atoms with Crippen LogP contribution in [0.25, 0.3) is 0 Å². The maximum atomic E-state index is 6.04. The minimum Gasteiger partial charge on any atom is -0.383 e. The summed E-state index contributed by atoms with van der Waals surface area (Å²) in [5, 5.41) is 1.36. The van der Waals surface area contributed by atoms with Crippen molar-refractivity contribution in [3.05, 3.63) is 5.56 Å². The van der Waals surface area contributed by atoms with E-state index in [-0.39, 0.29) is 0 Å².